The number of ether oxygens (including phenoxy) is 1. The van der Waals surface area contributed by atoms with Crippen LogP contribution in [0.5, 0.6) is 0 Å². The zero-order valence-electron chi connectivity index (χ0n) is 22.1. The minimum atomic E-state index is 0.0975. The number of aliphatic hydroxyl groups is 1. The Morgan fingerprint density at radius 1 is 1.26 bits per heavy atom. The van der Waals surface area contributed by atoms with E-state index in [9.17, 15) is 5.11 Å². The number of aliphatic hydroxyl groups excluding tert-OH is 1. The molecule has 5 heteroatoms. The molecule has 0 bridgehead atoms. The first kappa shape index (κ1) is 28.2. The van der Waals surface area contributed by atoms with Crippen LogP contribution in [-0.2, 0) is 4.74 Å². The summed E-state index contributed by atoms with van der Waals surface area (Å²) in [5.74, 6) is 1.28. The van der Waals surface area contributed by atoms with Crippen LogP contribution in [0.15, 0.2) is 91.0 Å². The van der Waals surface area contributed by atoms with Gasteiger partial charge in [0.2, 0.25) is 0 Å². The van der Waals surface area contributed by atoms with E-state index in [0.717, 1.165) is 42.5 Å². The van der Waals surface area contributed by atoms with Crippen LogP contribution in [0, 0.1) is 0 Å². The Balaban J connectivity index is 2.53. The molecule has 0 spiro atoms. The molecule has 1 aromatic heterocycles. The zero-order chi connectivity index (χ0) is 25.8. The van der Waals surface area contributed by atoms with Crippen LogP contribution in [0.3, 0.4) is 0 Å². The fourth-order valence-electron chi connectivity index (χ4n) is 4.21. The molecule has 0 aliphatic carbocycles. The van der Waals surface area contributed by atoms with Gasteiger partial charge >= 0.3 is 0 Å². The van der Waals surface area contributed by atoms with Crippen molar-refractivity contribution in [1.82, 2.24) is 15.2 Å². The Bertz CT molecular complexity index is 959. The maximum absolute atomic E-state index is 10.8. The number of pyridine rings is 1. The largest absolute Gasteiger partial charge is 0.504 e. The Morgan fingerprint density at radius 2 is 2.03 bits per heavy atom. The molecule has 1 aliphatic rings. The molecule has 0 radical (unpaired) electrons. The number of nitrogens with one attached hydrogen (secondary N) is 1. The van der Waals surface area contributed by atoms with Gasteiger partial charge in [-0.05, 0) is 75.0 Å². The van der Waals surface area contributed by atoms with Crippen LogP contribution < -0.4 is 5.32 Å². The highest BCUT2D eigenvalue weighted by Gasteiger charge is 2.29. The zero-order valence-corrected chi connectivity index (χ0v) is 22.1. The second-order valence-corrected chi connectivity index (χ2v) is 9.02. The minimum Gasteiger partial charge on any atom is -0.504 e. The van der Waals surface area contributed by atoms with Gasteiger partial charge in [0, 0.05) is 30.5 Å². The SMILES string of the molecule is C=C/C=C\C(O)=C1/CN(C(C)CC(CC)NC(C)CC)C(C=C)=C(/C=C(\CC)c2cccnc2)O1. The molecule has 0 fully saturated rings. The molecule has 2 heterocycles. The first-order valence-electron chi connectivity index (χ1n) is 12.8. The molecule has 0 saturated heterocycles. The van der Waals surface area contributed by atoms with Gasteiger partial charge in [0.15, 0.2) is 17.3 Å². The quantitative estimate of drug-likeness (QED) is 0.235. The van der Waals surface area contributed by atoms with Gasteiger partial charge in [0.05, 0.1) is 12.2 Å². The van der Waals surface area contributed by atoms with Crippen molar-refractivity contribution in [3.63, 3.8) is 0 Å². The van der Waals surface area contributed by atoms with Gasteiger partial charge in [0.1, 0.15) is 0 Å². The monoisotopic (exact) mass is 477 g/mol. The Hall–Kier alpha value is -3.05. The summed E-state index contributed by atoms with van der Waals surface area (Å²) < 4.78 is 6.29. The molecule has 5 nitrogen and oxygen atoms in total. The van der Waals surface area contributed by atoms with Gasteiger partial charge in [-0.2, -0.15) is 0 Å². The molecule has 3 unspecified atom stereocenters. The average Bonchev–Trinajstić information content (AvgIpc) is 2.89. The Labute approximate surface area is 212 Å². The number of aromatic nitrogens is 1. The lowest BCUT2D eigenvalue weighted by molar-refractivity contribution is 0.155. The van der Waals surface area contributed by atoms with E-state index in [1.54, 1.807) is 24.4 Å². The summed E-state index contributed by atoms with van der Waals surface area (Å²) in [4.78, 5) is 6.56. The van der Waals surface area contributed by atoms with Crippen molar-refractivity contribution < 1.29 is 9.84 Å². The molecule has 2 N–H and O–H groups in total. The van der Waals surface area contributed by atoms with Gasteiger partial charge in [-0.25, -0.2) is 0 Å². The Morgan fingerprint density at radius 3 is 2.60 bits per heavy atom. The lowest BCUT2D eigenvalue weighted by Gasteiger charge is -2.39. The summed E-state index contributed by atoms with van der Waals surface area (Å²) >= 11 is 0. The van der Waals surface area contributed by atoms with Gasteiger partial charge in [0.25, 0.3) is 0 Å². The summed E-state index contributed by atoms with van der Waals surface area (Å²) in [6.07, 6.45) is 16.4. The summed E-state index contributed by atoms with van der Waals surface area (Å²) in [6.45, 7) is 19.3. The highest BCUT2D eigenvalue weighted by molar-refractivity contribution is 5.67. The molecule has 1 aromatic rings. The van der Waals surface area contributed by atoms with Crippen molar-refractivity contribution in [2.24, 2.45) is 0 Å². The van der Waals surface area contributed by atoms with Crippen molar-refractivity contribution in [2.75, 3.05) is 6.54 Å². The van der Waals surface area contributed by atoms with E-state index in [1.807, 2.05) is 30.5 Å². The molecule has 0 amide bonds. The van der Waals surface area contributed by atoms with Crippen LogP contribution in [0.1, 0.15) is 65.9 Å². The van der Waals surface area contributed by atoms with Crippen molar-refractivity contribution in [1.29, 1.82) is 0 Å². The highest BCUT2D eigenvalue weighted by atomic mass is 16.5. The Kier molecular flexibility index (Phi) is 11.6. The molecule has 2 rings (SSSR count). The molecule has 190 valence electrons. The van der Waals surface area contributed by atoms with E-state index < -0.39 is 0 Å². The number of hydrogen-bond acceptors (Lipinski definition) is 5. The summed E-state index contributed by atoms with van der Waals surface area (Å²) in [5.41, 5.74) is 3.08. The third-order valence-electron chi connectivity index (χ3n) is 6.48. The lowest BCUT2D eigenvalue weighted by atomic mass is 10.0. The third-order valence-corrected chi connectivity index (χ3v) is 6.48. The first-order chi connectivity index (χ1) is 16.9. The van der Waals surface area contributed by atoms with Crippen molar-refractivity contribution in [2.45, 2.75) is 78.4 Å². The fourth-order valence-corrected chi connectivity index (χ4v) is 4.21. The molecular weight excluding hydrogens is 434 g/mol. The van der Waals surface area contributed by atoms with E-state index in [4.69, 9.17) is 4.74 Å². The number of hydrogen-bond donors (Lipinski definition) is 2. The smallest absolute Gasteiger partial charge is 0.165 e. The van der Waals surface area contributed by atoms with Crippen LogP contribution in [0.2, 0.25) is 0 Å². The second kappa shape index (κ2) is 14.4. The topological polar surface area (TPSA) is 57.6 Å². The van der Waals surface area contributed by atoms with Crippen LogP contribution >= 0.6 is 0 Å². The van der Waals surface area contributed by atoms with Crippen LogP contribution in [-0.4, -0.2) is 39.7 Å². The standard InChI is InChI=1S/C30H43N3O2/c1-8-13-16-28(34)30-21-33(23(7)18-26(11-4)32-22(6)9-2)27(12-5)29(35-30)19-24(10-3)25-15-14-17-31-20-25/h8,12-17,19-20,22-23,26,32,34H,1,5,9-11,18,21H2,2-4,6-7H3/b16-13-,24-19+,30-28-. The van der Waals surface area contributed by atoms with E-state index in [0.29, 0.717) is 30.1 Å². The molecule has 1 aliphatic heterocycles. The van der Waals surface area contributed by atoms with Gasteiger partial charge in [-0.15, -0.1) is 0 Å². The van der Waals surface area contributed by atoms with Crippen molar-refractivity contribution in [3.05, 3.63) is 96.6 Å². The van der Waals surface area contributed by atoms with E-state index in [-0.39, 0.29) is 11.8 Å². The fraction of sp³-hybridized carbons (Fsp3) is 0.433. The van der Waals surface area contributed by atoms with Crippen LogP contribution in [0.4, 0.5) is 0 Å². The predicted octanol–water partition coefficient (Wildman–Crippen LogP) is 7.06. The van der Waals surface area contributed by atoms with Gasteiger partial charge in [-0.1, -0.05) is 52.1 Å². The van der Waals surface area contributed by atoms with Gasteiger partial charge < -0.3 is 20.1 Å². The summed E-state index contributed by atoms with van der Waals surface area (Å²) in [7, 11) is 0. The van der Waals surface area contributed by atoms with Crippen LogP contribution in [0.25, 0.3) is 5.57 Å². The number of allylic oxidation sites excluding steroid dienone is 6. The maximum atomic E-state index is 10.8. The number of nitrogens with zero attached hydrogens (tertiary/aromatic N) is 2. The summed E-state index contributed by atoms with van der Waals surface area (Å²) in [5, 5.41) is 14.5. The van der Waals surface area contributed by atoms with Crippen molar-refractivity contribution in [3.8, 4) is 0 Å². The molecule has 35 heavy (non-hydrogen) atoms. The van der Waals surface area contributed by atoms with E-state index in [1.165, 1.54) is 0 Å². The first-order valence-corrected chi connectivity index (χ1v) is 12.8. The minimum absolute atomic E-state index is 0.0975. The normalized spacial score (nSPS) is 18.8. The molecule has 0 aromatic carbocycles. The summed E-state index contributed by atoms with van der Waals surface area (Å²) in [6, 6.07) is 5.06. The molecule has 0 saturated carbocycles. The third kappa shape index (κ3) is 8.00. The molecular formula is C30H43N3O2. The van der Waals surface area contributed by atoms with Gasteiger partial charge in [-0.3, -0.25) is 4.98 Å². The van der Waals surface area contributed by atoms with Crippen molar-refractivity contribution >= 4 is 5.57 Å². The van der Waals surface area contributed by atoms with E-state index >= 15 is 0 Å². The second-order valence-electron chi connectivity index (χ2n) is 9.02. The molecule has 3 atom stereocenters. The lowest BCUT2D eigenvalue weighted by Crippen LogP contribution is -2.44. The predicted molar refractivity (Wildman–Crippen MR) is 148 cm³/mol. The number of rotatable bonds is 13. The highest BCUT2D eigenvalue weighted by Crippen LogP contribution is 2.32. The maximum Gasteiger partial charge on any atom is 0.165 e. The van der Waals surface area contributed by atoms with E-state index in [2.05, 4.69) is 63.0 Å². The average molecular weight is 478 g/mol.